The molecule has 0 radical (unpaired) electrons. The molecule has 132 valence electrons. The summed E-state index contributed by atoms with van der Waals surface area (Å²) in [6.45, 7) is 5.80. The van der Waals surface area contributed by atoms with Crippen LogP contribution in [0, 0.1) is 0 Å². The van der Waals surface area contributed by atoms with Gasteiger partial charge in [-0.15, -0.1) is 0 Å². The van der Waals surface area contributed by atoms with E-state index in [9.17, 15) is 4.79 Å². The predicted molar refractivity (Wildman–Crippen MR) is 101 cm³/mol. The van der Waals surface area contributed by atoms with Gasteiger partial charge < -0.3 is 14.8 Å². The Morgan fingerprint density at radius 1 is 0.960 bits per heavy atom. The first-order chi connectivity index (χ1) is 11.9. The van der Waals surface area contributed by atoms with Gasteiger partial charge in [-0.05, 0) is 38.5 Å². The summed E-state index contributed by atoms with van der Waals surface area (Å²) in [5.41, 5.74) is 2.09. The number of hydrogen-bond donors (Lipinski definition) is 1. The van der Waals surface area contributed by atoms with E-state index in [4.69, 9.17) is 9.47 Å². The van der Waals surface area contributed by atoms with Crippen LogP contribution < -0.4 is 14.8 Å². The molecule has 0 aromatic heterocycles. The number of ether oxygens (including phenoxy) is 2. The Hall–Kier alpha value is -2.75. The molecule has 1 amide bonds. The Morgan fingerprint density at radius 2 is 1.52 bits per heavy atom. The van der Waals surface area contributed by atoms with Gasteiger partial charge in [0.25, 0.3) is 0 Å². The smallest absolute Gasteiger partial charge is 0.244 e. The third-order valence-corrected chi connectivity index (χ3v) is 4.10. The highest BCUT2D eigenvalue weighted by Crippen LogP contribution is 2.30. The Morgan fingerprint density at radius 3 is 2.16 bits per heavy atom. The number of hydrogen-bond acceptors (Lipinski definition) is 3. The van der Waals surface area contributed by atoms with Gasteiger partial charge in [-0.3, -0.25) is 4.79 Å². The SMILES string of the molecule is COc1ccccc1/C(C)=C/C(=O)NC(C)(C)c1ccccc1OC. The van der Waals surface area contributed by atoms with Crippen molar-refractivity contribution in [1.82, 2.24) is 5.32 Å². The van der Waals surface area contributed by atoms with Gasteiger partial charge in [-0.1, -0.05) is 36.4 Å². The second kappa shape index (κ2) is 7.88. The maximum absolute atomic E-state index is 12.5. The Bertz CT molecular complexity index is 778. The first kappa shape index (κ1) is 18.6. The number of para-hydroxylation sites is 2. The van der Waals surface area contributed by atoms with Crippen LogP contribution in [0.5, 0.6) is 11.5 Å². The van der Waals surface area contributed by atoms with Gasteiger partial charge in [-0.2, -0.15) is 0 Å². The summed E-state index contributed by atoms with van der Waals surface area (Å²) in [5, 5.41) is 3.05. The fourth-order valence-electron chi connectivity index (χ4n) is 2.82. The van der Waals surface area contributed by atoms with Crippen molar-refractivity contribution in [2.24, 2.45) is 0 Å². The minimum absolute atomic E-state index is 0.167. The molecule has 0 unspecified atom stereocenters. The molecule has 0 spiro atoms. The van der Waals surface area contributed by atoms with Crippen LogP contribution in [-0.2, 0) is 10.3 Å². The van der Waals surface area contributed by atoms with Crippen LogP contribution in [0.15, 0.2) is 54.6 Å². The van der Waals surface area contributed by atoms with Gasteiger partial charge in [0.15, 0.2) is 0 Å². The number of nitrogens with one attached hydrogen (secondary N) is 1. The molecule has 0 saturated heterocycles. The molecule has 0 aliphatic heterocycles. The summed E-state index contributed by atoms with van der Waals surface area (Å²) < 4.78 is 10.8. The highest BCUT2D eigenvalue weighted by molar-refractivity contribution is 5.96. The van der Waals surface area contributed by atoms with Crippen LogP contribution in [0.25, 0.3) is 5.57 Å². The lowest BCUT2D eigenvalue weighted by Crippen LogP contribution is -2.40. The zero-order chi connectivity index (χ0) is 18.4. The van der Waals surface area contributed by atoms with Gasteiger partial charge in [0.1, 0.15) is 11.5 Å². The molecule has 0 atom stereocenters. The van der Waals surface area contributed by atoms with Crippen molar-refractivity contribution in [2.75, 3.05) is 14.2 Å². The maximum Gasteiger partial charge on any atom is 0.244 e. The predicted octanol–water partition coefficient (Wildman–Crippen LogP) is 4.16. The van der Waals surface area contributed by atoms with Crippen molar-refractivity contribution in [3.05, 3.63) is 65.7 Å². The average molecular weight is 339 g/mol. The highest BCUT2D eigenvalue weighted by Gasteiger charge is 2.25. The normalized spacial score (nSPS) is 11.8. The Labute approximate surface area is 149 Å². The maximum atomic E-state index is 12.5. The van der Waals surface area contributed by atoms with E-state index in [1.807, 2.05) is 69.3 Å². The average Bonchev–Trinajstić information content (AvgIpc) is 2.60. The van der Waals surface area contributed by atoms with E-state index in [-0.39, 0.29) is 5.91 Å². The number of allylic oxidation sites excluding steroid dienone is 1. The lowest BCUT2D eigenvalue weighted by atomic mass is 9.93. The van der Waals surface area contributed by atoms with Crippen LogP contribution in [-0.4, -0.2) is 20.1 Å². The summed E-state index contributed by atoms with van der Waals surface area (Å²) in [7, 11) is 3.25. The molecule has 2 aromatic carbocycles. The highest BCUT2D eigenvalue weighted by atomic mass is 16.5. The second-order valence-corrected chi connectivity index (χ2v) is 6.34. The largest absolute Gasteiger partial charge is 0.496 e. The van der Waals surface area contributed by atoms with Crippen LogP contribution in [0.3, 0.4) is 0 Å². The Balaban J connectivity index is 2.23. The van der Waals surface area contributed by atoms with E-state index in [1.54, 1.807) is 20.3 Å². The molecule has 4 nitrogen and oxygen atoms in total. The quantitative estimate of drug-likeness (QED) is 0.804. The van der Waals surface area contributed by atoms with Gasteiger partial charge in [-0.25, -0.2) is 0 Å². The van der Waals surface area contributed by atoms with E-state index in [1.165, 1.54) is 0 Å². The number of carbonyl (C=O) groups excluding carboxylic acids is 1. The van der Waals surface area contributed by atoms with Gasteiger partial charge in [0.05, 0.1) is 19.8 Å². The zero-order valence-corrected chi connectivity index (χ0v) is 15.4. The monoisotopic (exact) mass is 339 g/mol. The molecule has 0 aliphatic carbocycles. The van der Waals surface area contributed by atoms with Crippen molar-refractivity contribution in [3.63, 3.8) is 0 Å². The molecular weight excluding hydrogens is 314 g/mol. The zero-order valence-electron chi connectivity index (χ0n) is 15.4. The molecule has 0 heterocycles. The number of rotatable bonds is 6. The van der Waals surface area contributed by atoms with Gasteiger partial charge >= 0.3 is 0 Å². The van der Waals surface area contributed by atoms with E-state index >= 15 is 0 Å². The van der Waals surface area contributed by atoms with Crippen molar-refractivity contribution >= 4 is 11.5 Å². The van der Waals surface area contributed by atoms with Crippen molar-refractivity contribution < 1.29 is 14.3 Å². The van der Waals surface area contributed by atoms with E-state index in [2.05, 4.69) is 5.32 Å². The molecule has 2 rings (SSSR count). The molecule has 0 saturated carbocycles. The summed E-state index contributed by atoms with van der Waals surface area (Å²) >= 11 is 0. The fourth-order valence-corrected chi connectivity index (χ4v) is 2.82. The second-order valence-electron chi connectivity index (χ2n) is 6.34. The van der Waals surface area contributed by atoms with E-state index in [0.29, 0.717) is 0 Å². The summed E-state index contributed by atoms with van der Waals surface area (Å²) in [6.07, 6.45) is 1.59. The van der Waals surface area contributed by atoms with Gasteiger partial charge in [0, 0.05) is 17.2 Å². The van der Waals surface area contributed by atoms with Crippen LogP contribution >= 0.6 is 0 Å². The molecule has 2 aromatic rings. The Kier molecular flexibility index (Phi) is 5.86. The molecule has 4 heteroatoms. The first-order valence-electron chi connectivity index (χ1n) is 8.16. The van der Waals surface area contributed by atoms with Crippen molar-refractivity contribution in [2.45, 2.75) is 26.3 Å². The third kappa shape index (κ3) is 4.41. The summed E-state index contributed by atoms with van der Waals surface area (Å²) in [4.78, 5) is 12.5. The lowest BCUT2D eigenvalue weighted by molar-refractivity contribution is -0.118. The number of methoxy groups -OCH3 is 2. The van der Waals surface area contributed by atoms with Gasteiger partial charge in [0.2, 0.25) is 5.91 Å². The topological polar surface area (TPSA) is 47.6 Å². The summed E-state index contributed by atoms with van der Waals surface area (Å²) in [5.74, 6) is 1.32. The minimum Gasteiger partial charge on any atom is -0.496 e. The third-order valence-electron chi connectivity index (χ3n) is 4.10. The number of amides is 1. The van der Waals surface area contributed by atoms with Crippen LogP contribution in [0.1, 0.15) is 31.9 Å². The van der Waals surface area contributed by atoms with Crippen LogP contribution in [0.2, 0.25) is 0 Å². The fraction of sp³-hybridized carbons (Fsp3) is 0.286. The first-order valence-corrected chi connectivity index (χ1v) is 8.16. The minimum atomic E-state index is -0.568. The van der Waals surface area contributed by atoms with E-state index < -0.39 is 5.54 Å². The standard InChI is InChI=1S/C21H25NO3/c1-15(16-10-6-8-12-18(16)24-4)14-20(23)22-21(2,3)17-11-7-9-13-19(17)25-5/h6-14H,1-5H3,(H,22,23)/b15-14+. The van der Waals surface area contributed by atoms with E-state index in [0.717, 1.165) is 28.2 Å². The summed E-state index contributed by atoms with van der Waals surface area (Å²) in [6, 6.07) is 15.3. The van der Waals surface area contributed by atoms with Crippen molar-refractivity contribution in [1.29, 1.82) is 0 Å². The molecule has 1 N–H and O–H groups in total. The number of benzene rings is 2. The van der Waals surface area contributed by atoms with Crippen LogP contribution in [0.4, 0.5) is 0 Å². The molecule has 0 fully saturated rings. The lowest BCUT2D eigenvalue weighted by Gasteiger charge is -2.28. The van der Waals surface area contributed by atoms with Crippen molar-refractivity contribution in [3.8, 4) is 11.5 Å². The number of carbonyl (C=O) groups is 1. The molecule has 0 aliphatic rings. The molecule has 0 bridgehead atoms. The molecule has 25 heavy (non-hydrogen) atoms. The molecular formula is C21H25NO3.